The average Bonchev–Trinajstić information content (AvgIpc) is 2.57. The summed E-state index contributed by atoms with van der Waals surface area (Å²) in [5.41, 5.74) is 3.61. The smallest absolute Gasteiger partial charge is 0.243 e. The Hall–Kier alpha value is -1.84. The molecule has 0 aromatic heterocycles. The first-order valence-electron chi connectivity index (χ1n) is 8.35. The highest BCUT2D eigenvalue weighted by Crippen LogP contribution is 2.23. The third-order valence-electron chi connectivity index (χ3n) is 4.01. The molecule has 1 aliphatic carbocycles. The summed E-state index contributed by atoms with van der Waals surface area (Å²) in [4.78, 5) is 11.9. The molecule has 1 amide bonds. The number of ether oxygens (including phenoxy) is 1. The van der Waals surface area contributed by atoms with Gasteiger partial charge in [-0.25, -0.2) is 5.43 Å². The van der Waals surface area contributed by atoms with E-state index in [-0.39, 0.29) is 11.8 Å². The molecule has 0 unspecified atom stereocenters. The van der Waals surface area contributed by atoms with Gasteiger partial charge in [0.05, 0.1) is 12.8 Å². The first-order valence-corrected chi connectivity index (χ1v) is 8.35. The summed E-state index contributed by atoms with van der Waals surface area (Å²) in [5.74, 6) is 1.06. The molecule has 1 fully saturated rings. The van der Waals surface area contributed by atoms with Crippen LogP contribution in [-0.2, 0) is 4.79 Å². The van der Waals surface area contributed by atoms with Gasteiger partial charge < -0.3 is 4.74 Å². The van der Waals surface area contributed by atoms with E-state index in [1.54, 1.807) is 6.21 Å². The van der Waals surface area contributed by atoms with E-state index < -0.39 is 0 Å². The van der Waals surface area contributed by atoms with E-state index in [9.17, 15) is 4.79 Å². The molecule has 0 bridgehead atoms. The van der Waals surface area contributed by atoms with Gasteiger partial charge in [0.1, 0.15) is 5.75 Å². The number of amides is 1. The molecule has 1 saturated carbocycles. The Morgan fingerprint density at radius 3 is 2.68 bits per heavy atom. The van der Waals surface area contributed by atoms with E-state index in [1.807, 2.05) is 24.3 Å². The fraction of sp³-hybridized carbons (Fsp3) is 0.556. The largest absolute Gasteiger partial charge is 0.494 e. The van der Waals surface area contributed by atoms with Gasteiger partial charge in [-0.3, -0.25) is 4.79 Å². The van der Waals surface area contributed by atoms with Gasteiger partial charge in [-0.05, 0) is 49.1 Å². The van der Waals surface area contributed by atoms with E-state index in [1.165, 1.54) is 6.42 Å². The number of unbranched alkanes of at least 4 members (excludes halogenated alkanes) is 1. The highest BCUT2D eigenvalue weighted by Gasteiger charge is 2.20. The second-order valence-corrected chi connectivity index (χ2v) is 5.84. The zero-order valence-corrected chi connectivity index (χ0v) is 13.4. The second kappa shape index (κ2) is 9.23. The molecule has 0 heterocycles. The first kappa shape index (κ1) is 16.5. The molecule has 1 aromatic rings. The van der Waals surface area contributed by atoms with Gasteiger partial charge in [0.25, 0.3) is 0 Å². The van der Waals surface area contributed by atoms with Crippen LogP contribution < -0.4 is 10.2 Å². The van der Waals surface area contributed by atoms with Crippen LogP contribution in [-0.4, -0.2) is 18.7 Å². The minimum atomic E-state index is 0.0514. The van der Waals surface area contributed by atoms with Crippen LogP contribution in [0.15, 0.2) is 29.4 Å². The Morgan fingerprint density at radius 1 is 1.27 bits per heavy atom. The monoisotopic (exact) mass is 302 g/mol. The lowest BCUT2D eigenvalue weighted by Gasteiger charge is -2.19. The van der Waals surface area contributed by atoms with Gasteiger partial charge in [-0.2, -0.15) is 5.10 Å². The van der Waals surface area contributed by atoms with Gasteiger partial charge in [0.2, 0.25) is 5.91 Å². The number of hydrogen-bond donors (Lipinski definition) is 1. The van der Waals surface area contributed by atoms with Gasteiger partial charge in [0.15, 0.2) is 0 Å². The van der Waals surface area contributed by atoms with Gasteiger partial charge in [-0.1, -0.05) is 32.6 Å². The van der Waals surface area contributed by atoms with E-state index in [2.05, 4.69) is 17.5 Å². The van der Waals surface area contributed by atoms with Crippen LogP contribution in [0.4, 0.5) is 0 Å². The van der Waals surface area contributed by atoms with E-state index in [4.69, 9.17) is 4.74 Å². The third-order valence-corrected chi connectivity index (χ3v) is 4.01. The summed E-state index contributed by atoms with van der Waals surface area (Å²) < 4.78 is 5.61. The Bertz CT molecular complexity index is 476. The summed E-state index contributed by atoms with van der Waals surface area (Å²) in [7, 11) is 0. The molecule has 1 N–H and O–H groups in total. The van der Waals surface area contributed by atoms with Crippen molar-refractivity contribution in [3.8, 4) is 5.75 Å². The zero-order chi connectivity index (χ0) is 15.6. The molecule has 0 saturated heterocycles. The number of rotatable bonds is 7. The van der Waals surface area contributed by atoms with E-state index in [0.29, 0.717) is 0 Å². The lowest BCUT2D eigenvalue weighted by Crippen LogP contribution is -2.28. The topological polar surface area (TPSA) is 50.7 Å². The van der Waals surface area contributed by atoms with E-state index in [0.717, 1.165) is 56.4 Å². The predicted octanol–water partition coefficient (Wildman–Crippen LogP) is 3.90. The molecule has 22 heavy (non-hydrogen) atoms. The Balaban J connectivity index is 1.76. The number of benzene rings is 1. The lowest BCUT2D eigenvalue weighted by atomic mass is 9.89. The van der Waals surface area contributed by atoms with Gasteiger partial charge in [-0.15, -0.1) is 0 Å². The molecule has 0 radical (unpaired) electrons. The molecule has 120 valence electrons. The average molecular weight is 302 g/mol. The summed E-state index contributed by atoms with van der Waals surface area (Å²) >= 11 is 0. The molecule has 0 aliphatic heterocycles. The SMILES string of the molecule is CCCCOc1ccc(C=NNC(=O)C2CCCCC2)cc1. The van der Waals surface area contributed by atoms with Crippen molar-refractivity contribution in [2.75, 3.05) is 6.61 Å². The molecule has 4 heteroatoms. The maximum Gasteiger partial charge on any atom is 0.243 e. The Labute approximate surface area is 132 Å². The number of nitrogens with one attached hydrogen (secondary N) is 1. The molecule has 1 aromatic carbocycles. The number of carbonyl (C=O) groups excluding carboxylic acids is 1. The highest BCUT2D eigenvalue weighted by molar-refractivity contribution is 5.83. The van der Waals surface area contributed by atoms with Gasteiger partial charge in [0, 0.05) is 5.92 Å². The van der Waals surface area contributed by atoms with E-state index >= 15 is 0 Å². The summed E-state index contributed by atoms with van der Waals surface area (Å²) in [6, 6.07) is 7.75. The zero-order valence-electron chi connectivity index (χ0n) is 13.4. The van der Waals surface area contributed by atoms with Crippen molar-refractivity contribution >= 4 is 12.1 Å². The van der Waals surface area contributed by atoms with Crippen molar-refractivity contribution in [2.45, 2.75) is 51.9 Å². The molecule has 0 spiro atoms. The summed E-state index contributed by atoms with van der Waals surface area (Å²) in [6.45, 7) is 2.89. The van der Waals surface area contributed by atoms with Crippen molar-refractivity contribution in [3.63, 3.8) is 0 Å². The predicted molar refractivity (Wildman–Crippen MR) is 89.2 cm³/mol. The van der Waals surface area contributed by atoms with Crippen molar-refractivity contribution in [1.82, 2.24) is 5.43 Å². The van der Waals surface area contributed by atoms with Crippen molar-refractivity contribution < 1.29 is 9.53 Å². The van der Waals surface area contributed by atoms with Crippen LogP contribution in [0.1, 0.15) is 57.4 Å². The summed E-state index contributed by atoms with van der Waals surface area (Å²) in [5, 5.41) is 4.06. The molecular weight excluding hydrogens is 276 g/mol. The molecule has 1 aliphatic rings. The number of hydrogen-bond acceptors (Lipinski definition) is 3. The lowest BCUT2D eigenvalue weighted by molar-refractivity contribution is -0.125. The number of hydrazone groups is 1. The van der Waals surface area contributed by atoms with Crippen LogP contribution in [0.3, 0.4) is 0 Å². The standard InChI is InChI=1S/C18H26N2O2/c1-2-3-13-22-17-11-9-15(10-12-17)14-19-20-18(21)16-7-5-4-6-8-16/h9-12,14,16H,2-8,13H2,1H3,(H,20,21). The molecule has 0 atom stereocenters. The fourth-order valence-electron chi connectivity index (χ4n) is 2.61. The summed E-state index contributed by atoms with van der Waals surface area (Å²) in [6.07, 6.45) is 9.41. The second-order valence-electron chi connectivity index (χ2n) is 5.84. The van der Waals surface area contributed by atoms with Crippen LogP contribution >= 0.6 is 0 Å². The Morgan fingerprint density at radius 2 is 2.00 bits per heavy atom. The maximum absolute atomic E-state index is 11.9. The minimum Gasteiger partial charge on any atom is -0.494 e. The minimum absolute atomic E-state index is 0.0514. The highest BCUT2D eigenvalue weighted by atomic mass is 16.5. The Kier molecular flexibility index (Phi) is 6.94. The molecule has 4 nitrogen and oxygen atoms in total. The van der Waals surface area contributed by atoms with Crippen molar-refractivity contribution in [1.29, 1.82) is 0 Å². The molecule has 2 rings (SSSR count). The van der Waals surface area contributed by atoms with Crippen LogP contribution in [0.25, 0.3) is 0 Å². The normalized spacial score (nSPS) is 15.9. The quantitative estimate of drug-likeness (QED) is 0.472. The van der Waals surface area contributed by atoms with Crippen molar-refractivity contribution in [3.05, 3.63) is 29.8 Å². The maximum atomic E-state index is 11.9. The van der Waals surface area contributed by atoms with Crippen LogP contribution in [0.5, 0.6) is 5.75 Å². The first-order chi connectivity index (χ1) is 10.8. The van der Waals surface area contributed by atoms with Crippen molar-refractivity contribution in [2.24, 2.45) is 11.0 Å². The van der Waals surface area contributed by atoms with Crippen LogP contribution in [0.2, 0.25) is 0 Å². The number of carbonyl (C=O) groups is 1. The van der Waals surface area contributed by atoms with Gasteiger partial charge >= 0.3 is 0 Å². The van der Waals surface area contributed by atoms with Crippen LogP contribution in [0, 0.1) is 5.92 Å². The molecular formula is C18H26N2O2. The fourth-order valence-corrected chi connectivity index (χ4v) is 2.61. The number of nitrogens with zero attached hydrogens (tertiary/aromatic N) is 1. The third kappa shape index (κ3) is 5.51.